The number of esters is 1. The summed E-state index contributed by atoms with van der Waals surface area (Å²) in [4.78, 5) is 23.8. The molecule has 3 aromatic carbocycles. The van der Waals surface area contributed by atoms with Crippen LogP contribution in [0.5, 0.6) is 0 Å². The first kappa shape index (κ1) is 27.3. The van der Waals surface area contributed by atoms with E-state index in [1.165, 1.54) is 17.5 Å². The van der Waals surface area contributed by atoms with E-state index in [1.54, 1.807) is 24.3 Å². The summed E-state index contributed by atoms with van der Waals surface area (Å²) in [7, 11) is -1.14. The number of nitrogens with zero attached hydrogens (tertiary/aromatic N) is 1. The minimum Gasteiger partial charge on any atom is -0.480 e. The highest BCUT2D eigenvalue weighted by Gasteiger charge is 2.50. The summed E-state index contributed by atoms with van der Waals surface area (Å²) < 4.78 is 11.2. The highest BCUT2D eigenvalue weighted by Crippen LogP contribution is 2.36. The maximum absolute atomic E-state index is 11.1. The first-order valence-corrected chi connectivity index (χ1v) is 14.0. The van der Waals surface area contributed by atoms with Gasteiger partial charge in [0.1, 0.15) is 6.04 Å². The molecule has 1 N–H and O–H groups in total. The molecule has 3 aromatic rings. The van der Waals surface area contributed by atoms with Crippen LogP contribution in [0.2, 0.25) is 5.04 Å². The van der Waals surface area contributed by atoms with Gasteiger partial charge in [-0.05, 0) is 27.5 Å². The molecule has 2 unspecified atom stereocenters. The number of aliphatic carboxylic acids is 1. The average Bonchev–Trinajstić information content (AvgIpc) is 3.67. The van der Waals surface area contributed by atoms with E-state index in [0.717, 1.165) is 0 Å². The van der Waals surface area contributed by atoms with E-state index in [9.17, 15) is 9.59 Å². The van der Waals surface area contributed by atoms with Crippen LogP contribution < -0.4 is 10.4 Å². The van der Waals surface area contributed by atoms with Crippen molar-refractivity contribution in [3.05, 3.63) is 96.6 Å². The lowest BCUT2D eigenvalue weighted by Crippen LogP contribution is -2.66. The van der Waals surface area contributed by atoms with Crippen molar-refractivity contribution in [2.45, 2.75) is 31.9 Å². The number of hydrogen-bond donors (Lipinski definition) is 1. The van der Waals surface area contributed by atoms with E-state index >= 15 is 0 Å². The van der Waals surface area contributed by atoms with Crippen molar-refractivity contribution in [3.63, 3.8) is 0 Å². The molecule has 0 aliphatic carbocycles. The average molecular weight is 506 g/mol. The zero-order valence-corrected chi connectivity index (χ0v) is 22.4. The molecule has 36 heavy (non-hydrogen) atoms. The summed E-state index contributed by atoms with van der Waals surface area (Å²) >= 11 is 0. The molecular formula is C29H35NO5Si. The molecule has 7 heteroatoms. The Morgan fingerprint density at radius 2 is 1.36 bits per heavy atom. The van der Waals surface area contributed by atoms with Gasteiger partial charge in [-0.3, -0.25) is 9.69 Å². The van der Waals surface area contributed by atoms with Gasteiger partial charge in [0.15, 0.2) is 0 Å². The van der Waals surface area contributed by atoms with Gasteiger partial charge >= 0.3 is 11.9 Å². The maximum Gasteiger partial charge on any atom is 0.337 e. The van der Waals surface area contributed by atoms with Crippen LogP contribution in [0.3, 0.4) is 0 Å². The fourth-order valence-corrected chi connectivity index (χ4v) is 8.98. The third-order valence-electron chi connectivity index (χ3n) is 6.31. The third-order valence-corrected chi connectivity index (χ3v) is 11.4. The van der Waals surface area contributed by atoms with Gasteiger partial charge in [0.05, 0.1) is 12.7 Å². The lowest BCUT2D eigenvalue weighted by Gasteiger charge is -2.43. The van der Waals surface area contributed by atoms with Crippen LogP contribution in [-0.4, -0.2) is 63.1 Å². The molecule has 1 fully saturated rings. The number of rotatable bonds is 8. The standard InChI is InChI=1S/C21H27NO3Si.C8H8O2/c1-21(2,3)26(17-10-6-4-7-11-17,18-12-8-5-9-13-18)25-15-14-22-16-19(22)20(23)24;1-10-8(9)7-5-3-2-4-6-7/h4-13,19H,14-16H2,1-3H3,(H,23,24);2-6H,1H3. The Kier molecular flexibility index (Phi) is 9.20. The Bertz CT molecular complexity index is 1080. The van der Waals surface area contributed by atoms with E-state index < -0.39 is 14.3 Å². The molecule has 0 radical (unpaired) electrons. The summed E-state index contributed by atoms with van der Waals surface area (Å²) in [5.74, 6) is -1.03. The summed E-state index contributed by atoms with van der Waals surface area (Å²) in [5.41, 5.74) is 0.588. The molecule has 0 saturated carbocycles. The number of hydrogen-bond acceptors (Lipinski definition) is 5. The van der Waals surface area contributed by atoms with Crippen molar-refractivity contribution in [2.24, 2.45) is 0 Å². The third kappa shape index (κ3) is 6.49. The van der Waals surface area contributed by atoms with E-state index in [0.29, 0.717) is 25.3 Å². The van der Waals surface area contributed by atoms with Crippen molar-refractivity contribution in [3.8, 4) is 0 Å². The van der Waals surface area contributed by atoms with Gasteiger partial charge in [0.25, 0.3) is 8.32 Å². The quantitative estimate of drug-likeness (QED) is 0.285. The SMILES string of the molecule is CC(C)(C)[Si](OCCN1CC1C(=O)O)(c1ccccc1)c1ccccc1.COC(=O)c1ccccc1. The lowest BCUT2D eigenvalue weighted by atomic mass is 10.2. The zero-order chi connectivity index (χ0) is 26.2. The Balaban J connectivity index is 0.000000303. The van der Waals surface area contributed by atoms with Crippen molar-refractivity contribution in [1.29, 1.82) is 0 Å². The normalized spacial score (nSPS) is 16.9. The summed E-state index contributed by atoms with van der Waals surface area (Å²) in [6.07, 6.45) is 0. The Labute approximate surface area is 214 Å². The fourth-order valence-electron chi connectivity index (χ4n) is 4.43. The number of methoxy groups -OCH3 is 1. The molecule has 2 atom stereocenters. The predicted octanol–water partition coefficient (Wildman–Crippen LogP) is 3.81. The number of carbonyl (C=O) groups excluding carboxylic acids is 1. The smallest absolute Gasteiger partial charge is 0.337 e. The van der Waals surface area contributed by atoms with Crippen molar-refractivity contribution in [1.82, 2.24) is 4.90 Å². The van der Waals surface area contributed by atoms with Crippen molar-refractivity contribution < 1.29 is 23.9 Å². The number of carbonyl (C=O) groups is 2. The largest absolute Gasteiger partial charge is 0.480 e. The van der Waals surface area contributed by atoms with Crippen LogP contribution >= 0.6 is 0 Å². The molecule has 0 bridgehead atoms. The van der Waals surface area contributed by atoms with Crippen LogP contribution in [-0.2, 0) is 14.0 Å². The molecular weight excluding hydrogens is 470 g/mol. The first-order valence-electron chi connectivity index (χ1n) is 12.1. The van der Waals surface area contributed by atoms with E-state index in [2.05, 4.69) is 74.0 Å². The van der Waals surface area contributed by atoms with E-state index in [-0.39, 0.29) is 17.0 Å². The topological polar surface area (TPSA) is 75.8 Å². The van der Waals surface area contributed by atoms with Gasteiger partial charge in [-0.15, -0.1) is 0 Å². The highest BCUT2D eigenvalue weighted by molar-refractivity contribution is 6.99. The van der Waals surface area contributed by atoms with Crippen molar-refractivity contribution in [2.75, 3.05) is 26.8 Å². The van der Waals surface area contributed by atoms with Crippen LogP contribution in [0, 0.1) is 0 Å². The minimum absolute atomic E-state index is 0.0548. The monoisotopic (exact) mass is 505 g/mol. The summed E-state index contributed by atoms with van der Waals surface area (Å²) in [6, 6.07) is 29.6. The van der Waals surface area contributed by atoms with Gasteiger partial charge in [-0.2, -0.15) is 0 Å². The minimum atomic E-state index is -2.51. The van der Waals surface area contributed by atoms with Gasteiger partial charge in [0, 0.05) is 19.7 Å². The molecule has 1 saturated heterocycles. The molecule has 190 valence electrons. The molecule has 1 aliphatic rings. The molecule has 0 amide bonds. The maximum atomic E-state index is 11.1. The number of ether oxygens (including phenoxy) is 1. The zero-order valence-electron chi connectivity index (χ0n) is 21.4. The molecule has 0 aromatic heterocycles. The highest BCUT2D eigenvalue weighted by atomic mass is 28.4. The number of benzene rings is 3. The number of carboxylic acids is 1. The Morgan fingerprint density at radius 1 is 0.889 bits per heavy atom. The van der Waals surface area contributed by atoms with Gasteiger partial charge < -0.3 is 14.3 Å². The van der Waals surface area contributed by atoms with Crippen molar-refractivity contribution >= 4 is 30.6 Å². The summed E-state index contributed by atoms with van der Waals surface area (Å²) in [6.45, 7) is 8.56. The van der Waals surface area contributed by atoms with Gasteiger partial charge in [0.2, 0.25) is 0 Å². The Morgan fingerprint density at radius 3 is 1.75 bits per heavy atom. The molecule has 1 heterocycles. The second-order valence-electron chi connectivity index (χ2n) is 9.72. The summed E-state index contributed by atoms with van der Waals surface area (Å²) in [5, 5.41) is 11.5. The Hall–Kier alpha value is -3.26. The van der Waals surface area contributed by atoms with Crippen LogP contribution in [0.15, 0.2) is 91.0 Å². The van der Waals surface area contributed by atoms with E-state index in [4.69, 9.17) is 9.53 Å². The molecule has 1 aliphatic heterocycles. The molecule has 6 nitrogen and oxygen atoms in total. The van der Waals surface area contributed by atoms with Crippen LogP contribution in [0.4, 0.5) is 0 Å². The number of carboxylic acid groups (broad SMARTS) is 1. The lowest BCUT2D eigenvalue weighted by molar-refractivity contribution is -0.137. The molecule has 0 spiro atoms. The van der Waals surface area contributed by atoms with E-state index in [1.807, 2.05) is 23.1 Å². The first-order chi connectivity index (χ1) is 17.2. The second-order valence-corrected chi connectivity index (χ2v) is 14.0. The van der Waals surface area contributed by atoms with Gasteiger partial charge in [-0.1, -0.05) is 99.6 Å². The van der Waals surface area contributed by atoms with Crippen LogP contribution in [0.25, 0.3) is 0 Å². The molecule has 4 rings (SSSR count). The second kappa shape index (κ2) is 12.1. The predicted molar refractivity (Wildman–Crippen MR) is 144 cm³/mol. The fraction of sp³-hybridized carbons (Fsp3) is 0.310. The van der Waals surface area contributed by atoms with Gasteiger partial charge in [-0.25, -0.2) is 4.79 Å². The van der Waals surface area contributed by atoms with Crippen LogP contribution in [0.1, 0.15) is 31.1 Å².